The Balaban J connectivity index is 3.31. The van der Waals surface area contributed by atoms with Crippen LogP contribution in [0.15, 0.2) is 0 Å². The number of carbonyl (C=O) groups excluding carboxylic acids is 2. The van der Waals surface area contributed by atoms with Crippen molar-refractivity contribution in [3.05, 3.63) is 0 Å². The molecule has 0 bridgehead atoms. The fourth-order valence-corrected chi connectivity index (χ4v) is 1.46. The SMILES string of the molecule is CCCCCCCCOC(=O)C(=O)CCC. The highest BCUT2D eigenvalue weighted by Crippen LogP contribution is 2.05. The Bertz CT molecular complexity index is 199. The van der Waals surface area contributed by atoms with Gasteiger partial charge in [0.1, 0.15) is 0 Å². The van der Waals surface area contributed by atoms with Crippen LogP contribution in [-0.2, 0) is 14.3 Å². The van der Waals surface area contributed by atoms with Gasteiger partial charge < -0.3 is 4.74 Å². The summed E-state index contributed by atoms with van der Waals surface area (Å²) in [6, 6.07) is 0. The van der Waals surface area contributed by atoms with Gasteiger partial charge in [0.2, 0.25) is 5.78 Å². The summed E-state index contributed by atoms with van der Waals surface area (Å²) in [6.45, 7) is 4.44. The highest BCUT2D eigenvalue weighted by Gasteiger charge is 2.12. The molecule has 0 aromatic rings. The Morgan fingerprint density at radius 3 is 2.12 bits per heavy atom. The van der Waals surface area contributed by atoms with E-state index in [1.165, 1.54) is 25.7 Å². The molecule has 0 spiro atoms. The second-order valence-electron chi connectivity index (χ2n) is 4.08. The van der Waals surface area contributed by atoms with Gasteiger partial charge in [-0.05, 0) is 12.8 Å². The van der Waals surface area contributed by atoms with Gasteiger partial charge in [-0.15, -0.1) is 0 Å². The molecule has 0 aromatic carbocycles. The summed E-state index contributed by atoms with van der Waals surface area (Å²) in [5.41, 5.74) is 0. The predicted molar refractivity (Wildman–Crippen MR) is 64.3 cm³/mol. The third-order valence-corrected chi connectivity index (χ3v) is 2.44. The van der Waals surface area contributed by atoms with Crippen LogP contribution in [-0.4, -0.2) is 18.4 Å². The van der Waals surface area contributed by atoms with Gasteiger partial charge in [-0.1, -0.05) is 46.0 Å². The van der Waals surface area contributed by atoms with E-state index in [9.17, 15) is 9.59 Å². The molecular formula is C13H24O3. The molecule has 3 heteroatoms. The Morgan fingerprint density at radius 1 is 0.875 bits per heavy atom. The maximum absolute atomic E-state index is 11.1. The van der Waals surface area contributed by atoms with E-state index < -0.39 is 11.8 Å². The standard InChI is InChI=1S/C13H24O3/c1-3-5-6-7-8-9-11-16-13(15)12(14)10-4-2/h3-11H2,1-2H3. The van der Waals surface area contributed by atoms with Gasteiger partial charge in [0.05, 0.1) is 6.61 Å². The van der Waals surface area contributed by atoms with Crippen LogP contribution < -0.4 is 0 Å². The van der Waals surface area contributed by atoms with E-state index in [2.05, 4.69) is 6.92 Å². The number of Topliss-reactive ketones (excluding diaryl/α,β-unsaturated/α-hetero) is 1. The summed E-state index contributed by atoms with van der Waals surface area (Å²) >= 11 is 0. The van der Waals surface area contributed by atoms with Crippen LogP contribution in [0.25, 0.3) is 0 Å². The Hall–Kier alpha value is -0.860. The maximum atomic E-state index is 11.1. The van der Waals surface area contributed by atoms with Crippen LogP contribution in [0.4, 0.5) is 0 Å². The molecule has 0 aliphatic rings. The van der Waals surface area contributed by atoms with Crippen molar-refractivity contribution in [3.8, 4) is 0 Å². The Kier molecular flexibility index (Phi) is 10.1. The first-order valence-electron chi connectivity index (χ1n) is 6.42. The molecule has 0 rings (SSSR count). The normalized spacial score (nSPS) is 10.1. The van der Waals surface area contributed by atoms with E-state index in [0.29, 0.717) is 19.4 Å². The minimum absolute atomic E-state index is 0.301. The van der Waals surface area contributed by atoms with Gasteiger partial charge in [0.15, 0.2) is 0 Å². The van der Waals surface area contributed by atoms with E-state index in [1.807, 2.05) is 6.92 Å². The van der Waals surface area contributed by atoms with Crippen LogP contribution >= 0.6 is 0 Å². The third kappa shape index (κ3) is 8.45. The molecule has 16 heavy (non-hydrogen) atoms. The Labute approximate surface area is 98.6 Å². The quantitative estimate of drug-likeness (QED) is 0.327. The van der Waals surface area contributed by atoms with Crippen LogP contribution in [0.3, 0.4) is 0 Å². The van der Waals surface area contributed by atoms with E-state index in [0.717, 1.165) is 12.8 Å². The van der Waals surface area contributed by atoms with Crippen molar-refractivity contribution < 1.29 is 14.3 Å². The zero-order valence-corrected chi connectivity index (χ0v) is 10.6. The predicted octanol–water partition coefficient (Wildman–Crippen LogP) is 3.26. The highest BCUT2D eigenvalue weighted by atomic mass is 16.5. The van der Waals surface area contributed by atoms with Crippen LogP contribution in [0.1, 0.15) is 65.2 Å². The first-order valence-corrected chi connectivity index (χ1v) is 6.42. The van der Waals surface area contributed by atoms with E-state index in [4.69, 9.17) is 4.74 Å². The average molecular weight is 228 g/mol. The summed E-state index contributed by atoms with van der Waals surface area (Å²) in [5.74, 6) is -1.05. The number of rotatable bonds is 10. The van der Waals surface area contributed by atoms with Crippen molar-refractivity contribution in [3.63, 3.8) is 0 Å². The molecular weight excluding hydrogens is 204 g/mol. The number of carbonyl (C=O) groups is 2. The second kappa shape index (κ2) is 10.7. The number of ketones is 1. The zero-order chi connectivity index (χ0) is 12.2. The fraction of sp³-hybridized carbons (Fsp3) is 0.846. The molecule has 0 fully saturated rings. The molecule has 0 aliphatic carbocycles. The monoisotopic (exact) mass is 228 g/mol. The van der Waals surface area contributed by atoms with E-state index >= 15 is 0 Å². The van der Waals surface area contributed by atoms with Gasteiger partial charge in [0.25, 0.3) is 0 Å². The lowest BCUT2D eigenvalue weighted by Crippen LogP contribution is -2.17. The lowest BCUT2D eigenvalue weighted by Gasteiger charge is -2.03. The van der Waals surface area contributed by atoms with Gasteiger partial charge in [-0.25, -0.2) is 4.79 Å². The van der Waals surface area contributed by atoms with Crippen molar-refractivity contribution >= 4 is 11.8 Å². The zero-order valence-electron chi connectivity index (χ0n) is 10.6. The number of hydrogen-bond donors (Lipinski definition) is 0. The number of ether oxygens (including phenoxy) is 1. The van der Waals surface area contributed by atoms with Gasteiger partial charge in [-0.3, -0.25) is 4.79 Å². The summed E-state index contributed by atoms with van der Waals surface area (Å²) in [7, 11) is 0. The van der Waals surface area contributed by atoms with Crippen molar-refractivity contribution in [2.24, 2.45) is 0 Å². The van der Waals surface area contributed by atoms with Crippen LogP contribution in [0.2, 0.25) is 0 Å². The topological polar surface area (TPSA) is 43.4 Å². The Morgan fingerprint density at radius 2 is 1.50 bits per heavy atom. The molecule has 0 amide bonds. The number of esters is 1. The largest absolute Gasteiger partial charge is 0.460 e. The first kappa shape index (κ1) is 15.1. The smallest absolute Gasteiger partial charge is 0.374 e. The molecule has 0 radical (unpaired) electrons. The lowest BCUT2D eigenvalue weighted by atomic mass is 10.1. The molecule has 0 aromatic heterocycles. The molecule has 0 N–H and O–H groups in total. The second-order valence-corrected chi connectivity index (χ2v) is 4.08. The molecule has 0 unspecified atom stereocenters. The van der Waals surface area contributed by atoms with Crippen molar-refractivity contribution in [1.82, 2.24) is 0 Å². The third-order valence-electron chi connectivity index (χ3n) is 2.44. The molecule has 0 heterocycles. The van der Waals surface area contributed by atoms with Gasteiger partial charge >= 0.3 is 5.97 Å². The summed E-state index contributed by atoms with van der Waals surface area (Å²) in [6.07, 6.45) is 7.90. The van der Waals surface area contributed by atoms with Crippen molar-refractivity contribution in [1.29, 1.82) is 0 Å². The molecule has 3 nitrogen and oxygen atoms in total. The molecule has 0 saturated carbocycles. The molecule has 94 valence electrons. The maximum Gasteiger partial charge on any atom is 0.374 e. The summed E-state index contributed by atoms with van der Waals surface area (Å²) in [4.78, 5) is 22.2. The van der Waals surface area contributed by atoms with Crippen LogP contribution in [0.5, 0.6) is 0 Å². The van der Waals surface area contributed by atoms with Crippen molar-refractivity contribution in [2.45, 2.75) is 65.2 Å². The summed E-state index contributed by atoms with van der Waals surface area (Å²) < 4.78 is 4.87. The number of hydrogen-bond acceptors (Lipinski definition) is 3. The van der Waals surface area contributed by atoms with Gasteiger partial charge in [-0.2, -0.15) is 0 Å². The fourth-order valence-electron chi connectivity index (χ4n) is 1.46. The average Bonchev–Trinajstić information content (AvgIpc) is 2.28. The minimum Gasteiger partial charge on any atom is -0.460 e. The van der Waals surface area contributed by atoms with Crippen LogP contribution in [0, 0.1) is 0 Å². The lowest BCUT2D eigenvalue weighted by molar-refractivity contribution is -0.154. The molecule has 0 atom stereocenters. The number of unbranched alkanes of at least 4 members (excludes halogenated alkanes) is 5. The highest BCUT2D eigenvalue weighted by molar-refractivity contribution is 6.33. The molecule has 0 aliphatic heterocycles. The van der Waals surface area contributed by atoms with E-state index in [-0.39, 0.29) is 0 Å². The molecule has 0 saturated heterocycles. The first-order chi connectivity index (χ1) is 7.72. The van der Waals surface area contributed by atoms with Crippen molar-refractivity contribution in [2.75, 3.05) is 6.61 Å². The van der Waals surface area contributed by atoms with E-state index in [1.54, 1.807) is 0 Å². The summed E-state index contributed by atoms with van der Waals surface area (Å²) in [5, 5.41) is 0. The van der Waals surface area contributed by atoms with Gasteiger partial charge in [0, 0.05) is 6.42 Å². The minimum atomic E-state index is -0.657.